The lowest BCUT2D eigenvalue weighted by molar-refractivity contribution is -0.126. The number of amides is 1. The first-order valence-corrected chi connectivity index (χ1v) is 8.72. The molecule has 2 heterocycles. The smallest absolute Gasteiger partial charge is 0.224 e. The van der Waals surface area contributed by atoms with Crippen molar-refractivity contribution in [2.24, 2.45) is 11.7 Å². The Morgan fingerprint density at radius 2 is 2.38 bits per heavy atom. The fourth-order valence-electron chi connectivity index (χ4n) is 2.44. The van der Waals surface area contributed by atoms with E-state index in [0.29, 0.717) is 13.1 Å². The Morgan fingerprint density at radius 1 is 1.62 bits per heavy atom. The normalized spacial score (nSPS) is 19.1. The van der Waals surface area contributed by atoms with Gasteiger partial charge in [-0.2, -0.15) is 0 Å². The average molecular weight is 417 g/mol. The molecule has 3 N–H and O–H groups in total. The fraction of sp³-hybridized carbons (Fsp3) is 0.615. The average Bonchev–Trinajstić information content (AvgIpc) is 2.75. The van der Waals surface area contributed by atoms with Gasteiger partial charge in [0.1, 0.15) is 4.34 Å². The van der Waals surface area contributed by atoms with Gasteiger partial charge in [-0.25, -0.2) is 0 Å². The lowest BCUT2D eigenvalue weighted by Crippen LogP contribution is -2.43. The van der Waals surface area contributed by atoms with E-state index >= 15 is 0 Å². The zero-order valence-electron chi connectivity index (χ0n) is 11.6. The molecular formula is C13H20BrCl2N3OS. The number of nitrogens with two attached hydrogens (primary N) is 1. The van der Waals surface area contributed by atoms with Crippen LogP contribution >= 0.6 is 51.3 Å². The number of nitrogens with one attached hydrogen (secondary N) is 1. The largest absolute Gasteiger partial charge is 0.355 e. The van der Waals surface area contributed by atoms with Crippen LogP contribution in [0.3, 0.4) is 0 Å². The van der Waals surface area contributed by atoms with Crippen molar-refractivity contribution in [3.05, 3.63) is 19.8 Å². The summed E-state index contributed by atoms with van der Waals surface area (Å²) in [6, 6.07) is 2.06. The molecule has 1 aromatic rings. The standard InChI is InChI=1S/C13H19BrClN3OS.ClH/c14-11-6-10(20-12(11)15)8-18-5-1-2-9(7-18)13(19)17-4-3-16;/h6,9H,1-5,7-8,16H2,(H,17,19);1H. The van der Waals surface area contributed by atoms with E-state index in [1.807, 2.05) is 0 Å². The monoisotopic (exact) mass is 415 g/mol. The fourth-order valence-corrected chi connectivity index (χ4v) is 4.28. The zero-order chi connectivity index (χ0) is 14.5. The van der Waals surface area contributed by atoms with Crippen LogP contribution in [0.25, 0.3) is 0 Å². The topological polar surface area (TPSA) is 58.4 Å². The summed E-state index contributed by atoms with van der Waals surface area (Å²) in [7, 11) is 0. The van der Waals surface area contributed by atoms with Crippen LogP contribution in [-0.4, -0.2) is 37.0 Å². The molecule has 1 aliphatic heterocycles. The molecule has 120 valence electrons. The number of nitrogens with zero attached hydrogens (tertiary/aromatic N) is 1. The molecule has 21 heavy (non-hydrogen) atoms. The highest BCUT2D eigenvalue weighted by Gasteiger charge is 2.25. The van der Waals surface area contributed by atoms with Crippen LogP contribution in [-0.2, 0) is 11.3 Å². The van der Waals surface area contributed by atoms with Crippen LogP contribution in [0.1, 0.15) is 17.7 Å². The number of carbonyl (C=O) groups excluding carboxylic acids is 1. The number of halogens is 3. The van der Waals surface area contributed by atoms with Gasteiger partial charge in [0.25, 0.3) is 0 Å². The predicted octanol–water partition coefficient (Wildman–Crippen LogP) is 2.87. The first-order valence-electron chi connectivity index (χ1n) is 6.74. The van der Waals surface area contributed by atoms with Crippen molar-refractivity contribution in [3.63, 3.8) is 0 Å². The Hall–Kier alpha value is 0.150. The molecule has 0 aromatic carbocycles. The molecule has 1 fully saturated rings. The number of hydrogen-bond donors (Lipinski definition) is 2. The molecule has 2 rings (SSSR count). The van der Waals surface area contributed by atoms with E-state index in [1.165, 1.54) is 4.88 Å². The summed E-state index contributed by atoms with van der Waals surface area (Å²) in [5, 5.41) is 2.88. The van der Waals surface area contributed by atoms with E-state index in [1.54, 1.807) is 11.3 Å². The molecule has 1 amide bonds. The van der Waals surface area contributed by atoms with Crippen molar-refractivity contribution >= 4 is 57.2 Å². The van der Waals surface area contributed by atoms with E-state index < -0.39 is 0 Å². The summed E-state index contributed by atoms with van der Waals surface area (Å²) >= 11 is 11.1. The van der Waals surface area contributed by atoms with Crippen LogP contribution in [0.5, 0.6) is 0 Å². The van der Waals surface area contributed by atoms with Crippen LogP contribution < -0.4 is 11.1 Å². The van der Waals surface area contributed by atoms with Gasteiger partial charge in [-0.05, 0) is 41.4 Å². The number of thiophene rings is 1. The quantitative estimate of drug-likeness (QED) is 0.775. The molecule has 0 spiro atoms. The third kappa shape index (κ3) is 5.69. The maximum Gasteiger partial charge on any atom is 0.224 e. The van der Waals surface area contributed by atoms with Gasteiger partial charge in [-0.1, -0.05) is 11.6 Å². The van der Waals surface area contributed by atoms with Crippen LogP contribution in [0.2, 0.25) is 4.34 Å². The third-order valence-corrected chi connectivity index (χ3v) is 5.85. The van der Waals surface area contributed by atoms with Crippen molar-refractivity contribution in [1.82, 2.24) is 10.2 Å². The van der Waals surface area contributed by atoms with E-state index in [0.717, 1.165) is 41.3 Å². The van der Waals surface area contributed by atoms with Crippen molar-refractivity contribution in [2.45, 2.75) is 19.4 Å². The SMILES string of the molecule is Cl.NCCNC(=O)C1CCCN(Cc2cc(Br)c(Cl)s2)C1. The second kappa shape index (κ2) is 9.33. The minimum atomic E-state index is 0. The minimum absolute atomic E-state index is 0. The Balaban J connectivity index is 0.00000220. The second-order valence-electron chi connectivity index (χ2n) is 4.99. The van der Waals surface area contributed by atoms with Crippen molar-refractivity contribution in [1.29, 1.82) is 0 Å². The van der Waals surface area contributed by atoms with E-state index in [9.17, 15) is 4.79 Å². The highest BCUT2D eigenvalue weighted by Crippen LogP contribution is 2.33. The Labute approximate surface area is 148 Å². The summed E-state index contributed by atoms with van der Waals surface area (Å²) in [6.07, 6.45) is 2.02. The molecular weight excluding hydrogens is 397 g/mol. The van der Waals surface area contributed by atoms with Crippen molar-refractivity contribution in [3.8, 4) is 0 Å². The second-order valence-corrected chi connectivity index (χ2v) is 7.58. The maximum absolute atomic E-state index is 12.0. The van der Waals surface area contributed by atoms with Crippen LogP contribution in [0, 0.1) is 5.92 Å². The molecule has 1 unspecified atom stereocenters. The number of likely N-dealkylation sites (tertiary alicyclic amines) is 1. The van der Waals surface area contributed by atoms with E-state index in [4.69, 9.17) is 17.3 Å². The first kappa shape index (κ1) is 19.2. The van der Waals surface area contributed by atoms with Gasteiger partial charge in [-0.3, -0.25) is 9.69 Å². The Morgan fingerprint density at radius 3 is 3.00 bits per heavy atom. The lowest BCUT2D eigenvalue weighted by Gasteiger charge is -2.31. The maximum atomic E-state index is 12.0. The summed E-state index contributed by atoms with van der Waals surface area (Å²) in [5.74, 6) is 0.208. The molecule has 1 aliphatic rings. The minimum Gasteiger partial charge on any atom is -0.355 e. The number of rotatable bonds is 5. The molecule has 1 aromatic heterocycles. The first-order chi connectivity index (χ1) is 9.60. The molecule has 0 bridgehead atoms. The highest BCUT2D eigenvalue weighted by atomic mass is 79.9. The lowest BCUT2D eigenvalue weighted by atomic mass is 9.97. The van der Waals surface area contributed by atoms with Crippen LogP contribution in [0.4, 0.5) is 0 Å². The molecule has 8 heteroatoms. The van der Waals surface area contributed by atoms with Crippen molar-refractivity contribution < 1.29 is 4.79 Å². The summed E-state index contributed by atoms with van der Waals surface area (Å²) in [6.45, 7) is 3.75. The van der Waals surface area contributed by atoms with Gasteiger partial charge in [-0.15, -0.1) is 23.7 Å². The summed E-state index contributed by atoms with van der Waals surface area (Å²) < 4.78 is 1.74. The van der Waals surface area contributed by atoms with E-state index in [-0.39, 0.29) is 24.2 Å². The summed E-state index contributed by atoms with van der Waals surface area (Å²) in [5.41, 5.74) is 5.41. The number of carbonyl (C=O) groups is 1. The summed E-state index contributed by atoms with van der Waals surface area (Å²) in [4.78, 5) is 15.5. The molecule has 0 aliphatic carbocycles. The van der Waals surface area contributed by atoms with Crippen molar-refractivity contribution in [2.75, 3.05) is 26.2 Å². The zero-order valence-corrected chi connectivity index (χ0v) is 15.6. The predicted molar refractivity (Wildman–Crippen MR) is 94.3 cm³/mol. The van der Waals surface area contributed by atoms with Gasteiger partial charge in [0, 0.05) is 35.5 Å². The highest BCUT2D eigenvalue weighted by molar-refractivity contribution is 9.10. The Kier molecular flexibility index (Phi) is 8.52. The molecule has 4 nitrogen and oxygen atoms in total. The van der Waals surface area contributed by atoms with Gasteiger partial charge in [0.2, 0.25) is 5.91 Å². The Bertz CT molecular complexity index is 453. The van der Waals surface area contributed by atoms with Gasteiger partial charge in [0.15, 0.2) is 0 Å². The molecule has 0 radical (unpaired) electrons. The van der Waals surface area contributed by atoms with Crippen LogP contribution in [0.15, 0.2) is 10.5 Å². The van der Waals surface area contributed by atoms with Gasteiger partial charge < -0.3 is 11.1 Å². The van der Waals surface area contributed by atoms with Gasteiger partial charge >= 0.3 is 0 Å². The molecule has 1 atom stereocenters. The molecule has 1 saturated heterocycles. The third-order valence-electron chi connectivity index (χ3n) is 3.40. The van der Waals surface area contributed by atoms with Gasteiger partial charge in [0.05, 0.1) is 5.92 Å². The van der Waals surface area contributed by atoms with E-state index in [2.05, 4.69) is 32.2 Å². The number of hydrogen-bond acceptors (Lipinski definition) is 4. The molecule has 0 saturated carbocycles. The number of piperidine rings is 1.